The lowest BCUT2D eigenvalue weighted by atomic mass is 9.53. The van der Waals surface area contributed by atoms with E-state index < -0.39 is 4.92 Å². The van der Waals surface area contributed by atoms with Crippen LogP contribution in [0, 0.1) is 27.9 Å². The summed E-state index contributed by atoms with van der Waals surface area (Å²) >= 11 is 0. The highest BCUT2D eigenvalue weighted by Crippen LogP contribution is 2.58. The quantitative estimate of drug-likeness (QED) is 0.605. The van der Waals surface area contributed by atoms with Crippen molar-refractivity contribution in [2.75, 3.05) is 0 Å². The first-order valence-corrected chi connectivity index (χ1v) is 7.29. The fourth-order valence-corrected chi connectivity index (χ4v) is 5.32. The molecule has 0 radical (unpaired) electrons. The molecule has 4 bridgehead atoms. The number of hydrogen-bond acceptors (Lipinski definition) is 4. The molecule has 108 valence electrons. The smallest absolute Gasteiger partial charge is 0.390 e. The van der Waals surface area contributed by atoms with E-state index in [0.29, 0.717) is 17.8 Å². The summed E-state index contributed by atoms with van der Waals surface area (Å²) < 4.78 is 2.52. The van der Waals surface area contributed by atoms with Gasteiger partial charge in [-0.25, -0.2) is 4.79 Å². The van der Waals surface area contributed by atoms with Crippen LogP contribution in [0.2, 0.25) is 0 Å². The van der Waals surface area contributed by atoms with Crippen molar-refractivity contribution in [1.82, 2.24) is 14.3 Å². The van der Waals surface area contributed by atoms with Crippen LogP contribution in [0.3, 0.4) is 0 Å². The third-order valence-corrected chi connectivity index (χ3v) is 5.55. The molecule has 0 amide bonds. The summed E-state index contributed by atoms with van der Waals surface area (Å²) in [5, 5.41) is 15.1. The molecule has 0 atom stereocenters. The Kier molecular flexibility index (Phi) is 2.24. The van der Waals surface area contributed by atoms with Crippen molar-refractivity contribution in [3.05, 3.63) is 20.6 Å². The van der Waals surface area contributed by atoms with Gasteiger partial charge in [-0.1, -0.05) is 0 Å². The summed E-state index contributed by atoms with van der Waals surface area (Å²) in [6, 6.07) is 0. The number of nitrogens with zero attached hydrogens (tertiary/aromatic N) is 4. The molecule has 20 heavy (non-hydrogen) atoms. The molecule has 1 aromatic heterocycles. The number of rotatable bonds is 2. The topological polar surface area (TPSA) is 83.0 Å². The molecule has 7 nitrogen and oxygen atoms in total. The lowest BCUT2D eigenvalue weighted by Crippen LogP contribution is -2.54. The van der Waals surface area contributed by atoms with Gasteiger partial charge in [0, 0.05) is 5.10 Å². The zero-order valence-corrected chi connectivity index (χ0v) is 11.5. The summed E-state index contributed by atoms with van der Waals surface area (Å²) in [7, 11) is 1.49. The Morgan fingerprint density at radius 1 is 1.20 bits per heavy atom. The monoisotopic (exact) mass is 278 g/mol. The maximum atomic E-state index is 12.4. The van der Waals surface area contributed by atoms with Crippen LogP contribution >= 0.6 is 0 Å². The van der Waals surface area contributed by atoms with Crippen LogP contribution in [0.25, 0.3) is 0 Å². The SMILES string of the molecule is Cn1nc([N+](=O)[O-])n(C23CC4CC(CC(C4)C2)C3)c1=O. The van der Waals surface area contributed by atoms with E-state index in [1.807, 2.05) is 0 Å². The fraction of sp³-hybridized carbons (Fsp3) is 0.846. The zero-order chi connectivity index (χ0) is 14.1. The van der Waals surface area contributed by atoms with E-state index in [9.17, 15) is 14.9 Å². The van der Waals surface area contributed by atoms with Gasteiger partial charge in [0.1, 0.15) is 0 Å². The highest BCUT2D eigenvalue weighted by Gasteiger charge is 2.56. The molecule has 1 aromatic rings. The standard InChI is InChI=1S/C13H18N4O3/c1-15-12(18)16(11(14-15)17(19)20)13-5-8-2-9(6-13)4-10(3-8)7-13/h8-10H,2-7H2,1H3. The molecule has 5 rings (SSSR count). The number of aryl methyl sites for hydroxylation is 1. The average Bonchev–Trinajstić information content (AvgIpc) is 2.65. The van der Waals surface area contributed by atoms with Crippen molar-refractivity contribution in [2.45, 2.75) is 44.1 Å². The van der Waals surface area contributed by atoms with E-state index >= 15 is 0 Å². The van der Waals surface area contributed by atoms with E-state index in [1.165, 1.54) is 30.9 Å². The first-order chi connectivity index (χ1) is 9.48. The highest BCUT2D eigenvalue weighted by atomic mass is 16.6. The zero-order valence-electron chi connectivity index (χ0n) is 11.5. The number of nitro groups is 1. The van der Waals surface area contributed by atoms with E-state index in [-0.39, 0.29) is 17.2 Å². The van der Waals surface area contributed by atoms with Gasteiger partial charge < -0.3 is 10.1 Å². The van der Waals surface area contributed by atoms with E-state index in [0.717, 1.165) is 23.9 Å². The molecule has 7 heteroatoms. The van der Waals surface area contributed by atoms with Crippen LogP contribution in [0.5, 0.6) is 0 Å². The molecule has 4 saturated carbocycles. The number of aromatic nitrogens is 3. The highest BCUT2D eigenvalue weighted by molar-refractivity contribution is 5.14. The Labute approximate surface area is 115 Å². The summed E-state index contributed by atoms with van der Waals surface area (Å²) in [6.45, 7) is 0. The fourth-order valence-electron chi connectivity index (χ4n) is 5.32. The molecule has 4 fully saturated rings. The van der Waals surface area contributed by atoms with Gasteiger partial charge in [-0.15, -0.1) is 4.68 Å². The predicted molar refractivity (Wildman–Crippen MR) is 70.3 cm³/mol. The van der Waals surface area contributed by atoms with Gasteiger partial charge in [0.2, 0.25) is 0 Å². The molecule has 4 aliphatic carbocycles. The molecular weight excluding hydrogens is 260 g/mol. The van der Waals surface area contributed by atoms with Gasteiger partial charge in [-0.3, -0.25) is 0 Å². The summed E-state index contributed by atoms with van der Waals surface area (Å²) in [6.07, 6.45) is 6.44. The number of hydrogen-bond donors (Lipinski definition) is 0. The molecule has 0 N–H and O–H groups in total. The third-order valence-electron chi connectivity index (χ3n) is 5.55. The normalized spacial score (nSPS) is 38.4. The second kappa shape index (κ2) is 3.71. The molecule has 0 saturated heterocycles. The molecule has 4 aliphatic rings. The van der Waals surface area contributed by atoms with Gasteiger partial charge in [0.25, 0.3) is 0 Å². The lowest BCUT2D eigenvalue weighted by Gasteiger charge is -2.54. The van der Waals surface area contributed by atoms with Gasteiger partial charge in [-0.2, -0.15) is 4.57 Å². The van der Waals surface area contributed by atoms with Gasteiger partial charge >= 0.3 is 11.6 Å². The molecule has 0 aliphatic heterocycles. The molecule has 0 spiro atoms. The van der Waals surface area contributed by atoms with E-state index in [2.05, 4.69) is 5.10 Å². The van der Waals surface area contributed by atoms with Crippen molar-refractivity contribution in [3.63, 3.8) is 0 Å². The molecule has 0 unspecified atom stereocenters. The molecule has 0 aromatic carbocycles. The maximum Gasteiger partial charge on any atom is 0.460 e. The minimum absolute atomic E-state index is 0.278. The van der Waals surface area contributed by atoms with Crippen molar-refractivity contribution in [3.8, 4) is 0 Å². The second-order valence-electron chi connectivity index (χ2n) is 6.94. The lowest BCUT2D eigenvalue weighted by molar-refractivity contribution is -0.399. The summed E-state index contributed by atoms with van der Waals surface area (Å²) in [5.41, 5.74) is -0.679. The minimum Gasteiger partial charge on any atom is -0.390 e. The van der Waals surface area contributed by atoms with Crippen LogP contribution in [-0.2, 0) is 12.6 Å². The average molecular weight is 278 g/mol. The maximum absolute atomic E-state index is 12.4. The van der Waals surface area contributed by atoms with Crippen LogP contribution in [0.1, 0.15) is 38.5 Å². The summed E-state index contributed by atoms with van der Waals surface area (Å²) in [4.78, 5) is 23.1. The first kappa shape index (κ1) is 12.1. The third kappa shape index (κ3) is 1.46. The van der Waals surface area contributed by atoms with Crippen molar-refractivity contribution in [1.29, 1.82) is 0 Å². The van der Waals surface area contributed by atoms with Crippen LogP contribution < -0.4 is 5.69 Å². The Balaban J connectivity index is 1.89. The minimum atomic E-state index is -0.514. The van der Waals surface area contributed by atoms with E-state index in [1.54, 1.807) is 0 Å². The Morgan fingerprint density at radius 2 is 1.70 bits per heavy atom. The van der Waals surface area contributed by atoms with Crippen molar-refractivity contribution >= 4 is 5.95 Å². The molecular formula is C13H18N4O3. The molecule has 1 heterocycles. The first-order valence-electron chi connectivity index (χ1n) is 7.29. The Bertz CT molecular complexity index is 609. The van der Waals surface area contributed by atoms with Gasteiger partial charge in [-0.05, 0) is 61.2 Å². The second-order valence-corrected chi connectivity index (χ2v) is 6.94. The van der Waals surface area contributed by atoms with Crippen LogP contribution in [0.4, 0.5) is 5.95 Å². The Morgan fingerprint density at radius 3 is 2.15 bits per heavy atom. The van der Waals surface area contributed by atoms with Crippen molar-refractivity contribution in [2.24, 2.45) is 24.8 Å². The van der Waals surface area contributed by atoms with E-state index in [4.69, 9.17) is 0 Å². The van der Waals surface area contributed by atoms with Crippen molar-refractivity contribution < 1.29 is 4.92 Å². The van der Waals surface area contributed by atoms with Gasteiger partial charge in [0.05, 0.1) is 12.6 Å². The Hall–Kier alpha value is -1.66. The van der Waals surface area contributed by atoms with Crippen LogP contribution in [-0.4, -0.2) is 19.3 Å². The van der Waals surface area contributed by atoms with Gasteiger partial charge in [0.15, 0.2) is 0 Å². The summed E-state index contributed by atoms with van der Waals surface area (Å²) in [5.74, 6) is 1.62. The predicted octanol–water partition coefficient (Wildman–Crippen LogP) is 1.42. The van der Waals surface area contributed by atoms with Crippen LogP contribution in [0.15, 0.2) is 4.79 Å². The largest absolute Gasteiger partial charge is 0.460 e.